The summed E-state index contributed by atoms with van der Waals surface area (Å²) in [4.78, 5) is 63.6. The van der Waals surface area contributed by atoms with Crippen molar-refractivity contribution in [1.82, 2.24) is 0 Å². The molecule has 1 heterocycles. The molecule has 2 aromatic carbocycles. The van der Waals surface area contributed by atoms with E-state index in [1.165, 1.54) is 24.0 Å². The molecule has 0 bridgehead atoms. The summed E-state index contributed by atoms with van der Waals surface area (Å²) in [5, 5.41) is 108. The maximum absolute atomic E-state index is 11.7. The van der Waals surface area contributed by atoms with Gasteiger partial charge in [0.15, 0.2) is 0 Å². The second-order valence-electron chi connectivity index (χ2n) is 22.8. The van der Waals surface area contributed by atoms with Gasteiger partial charge in [-0.1, -0.05) is 133 Å². The number of carbonyl (C=O) groups excluding carboxylic acids is 1. The smallest absolute Gasteiger partial charge is 0.305 e. The molecule has 5 rings (SSSR count). The maximum atomic E-state index is 11.7. The van der Waals surface area contributed by atoms with Gasteiger partial charge in [-0.15, -0.1) is 30.3 Å². The Kier molecular flexibility index (Phi) is 58.3. The monoisotopic (exact) mass is 1520 g/mol. The van der Waals surface area contributed by atoms with E-state index in [0.717, 1.165) is 80.6 Å². The van der Waals surface area contributed by atoms with Crippen LogP contribution in [0.15, 0.2) is 85.0 Å². The number of hydrogen-bond acceptors (Lipinski definition) is 20. The molecule has 93 heavy (non-hydrogen) atoms. The number of aliphatic carboxylic acids is 1. The SMILES string of the molecule is C1CCOC1.O=C(CCC/C=C\C[C@@H]1[C@@H](CC[C@@H](O)CCc2ccccc2)[C@H](O)C[C@@H]1O)OCCCCO[N+](=O)[O-].O=C(O)CCC/C=C\C[C@@H]1[C@@H](CC[C@@H](O)CCc2ccccc2)[C@H](O)C[C@@H]1O.O=[N+]([O-])OCCCCBr.O=[N+]([O-])OCCCCBr.OCCCCBr.[HH]. The van der Waals surface area contributed by atoms with Crippen molar-refractivity contribution >= 4 is 59.7 Å². The van der Waals surface area contributed by atoms with Gasteiger partial charge in [-0.05, 0) is 202 Å². The fourth-order valence-electron chi connectivity index (χ4n) is 10.3. The van der Waals surface area contributed by atoms with E-state index in [0.29, 0.717) is 116 Å². The highest BCUT2D eigenvalue weighted by molar-refractivity contribution is 9.09. The van der Waals surface area contributed by atoms with E-state index in [4.69, 9.17) is 19.7 Å². The van der Waals surface area contributed by atoms with Crippen LogP contribution in [0.25, 0.3) is 0 Å². The zero-order valence-electron chi connectivity index (χ0n) is 54.1. The number of esters is 1. The van der Waals surface area contributed by atoms with E-state index in [9.17, 15) is 70.6 Å². The van der Waals surface area contributed by atoms with E-state index in [2.05, 4.69) is 86.6 Å². The van der Waals surface area contributed by atoms with Gasteiger partial charge in [0.05, 0.1) is 63.1 Å². The van der Waals surface area contributed by atoms with E-state index in [1.807, 2.05) is 60.7 Å². The third kappa shape index (κ3) is 52.5. The molecule has 3 fully saturated rings. The minimum Gasteiger partial charge on any atom is -0.481 e. The Hall–Kier alpha value is -4.42. The molecule has 1 aliphatic heterocycles. The molecular weight excluding hydrogens is 1410 g/mol. The predicted molar refractivity (Wildman–Crippen MR) is 367 cm³/mol. The third-order valence-corrected chi connectivity index (χ3v) is 17.1. The van der Waals surface area contributed by atoms with Crippen molar-refractivity contribution in [2.24, 2.45) is 23.7 Å². The zero-order chi connectivity index (χ0) is 69.1. The highest BCUT2D eigenvalue weighted by atomic mass is 79.9. The first kappa shape index (κ1) is 88.6. The fraction of sp³-hybridized carbons (Fsp3) is 0.727. The topological polar surface area (TPSA) is 372 Å². The van der Waals surface area contributed by atoms with Gasteiger partial charge in [-0.2, -0.15) is 0 Å². The van der Waals surface area contributed by atoms with Crippen LogP contribution < -0.4 is 0 Å². The second-order valence-corrected chi connectivity index (χ2v) is 25.2. The summed E-state index contributed by atoms with van der Waals surface area (Å²) in [7, 11) is 0. The summed E-state index contributed by atoms with van der Waals surface area (Å²) in [5.74, 6) is -1.17. The summed E-state index contributed by atoms with van der Waals surface area (Å²) in [5.41, 5.74) is 2.41. The van der Waals surface area contributed by atoms with E-state index >= 15 is 0 Å². The number of aliphatic hydroxyl groups excluding tert-OH is 7. The fourth-order valence-corrected chi connectivity index (χ4v) is 11.5. The highest BCUT2D eigenvalue weighted by Gasteiger charge is 2.41. The van der Waals surface area contributed by atoms with Gasteiger partial charge >= 0.3 is 11.9 Å². The van der Waals surface area contributed by atoms with Gasteiger partial charge in [0.1, 0.15) is 0 Å². The second kappa shape index (κ2) is 61.2. The normalized spacial score (nSPS) is 20.2. The number of carbonyl (C=O) groups is 2. The molecule has 2 aliphatic carbocycles. The molecule has 2 aromatic rings. The molecule has 10 atom stereocenters. The highest BCUT2D eigenvalue weighted by Crippen LogP contribution is 2.40. The van der Waals surface area contributed by atoms with Crippen LogP contribution in [0.5, 0.6) is 0 Å². The lowest BCUT2D eigenvalue weighted by Gasteiger charge is -2.23. The first-order valence-electron chi connectivity index (χ1n) is 32.8. The molecule has 0 spiro atoms. The summed E-state index contributed by atoms with van der Waals surface area (Å²) in [6, 6.07) is 20.2. The first-order valence-corrected chi connectivity index (χ1v) is 36.2. The van der Waals surface area contributed by atoms with E-state index in [-0.39, 0.29) is 63.9 Å². The molecule has 536 valence electrons. The standard InChI is InChI=1S/C27H41NO8.C23H34O5.2C4H8BrNO3.C4H9BrO.C4H8O.H2/c29-22(15-14-21-10-4-3-5-11-21)16-17-24-23(25(30)20-26(24)31)12-6-1-2-7-13-27(32)35-18-8-9-19-36-28(33)34;24-18(13-12-17-8-4-3-5-9-17)14-15-20-19(21(25)16-22(20)26)10-6-1-2-7-11-23(27)28;2*5-3-1-2-4-9-6(7)8;5-3-1-2-4-6;1-2-4-5-3-1;/h1,3-6,10-11,22-26,29-31H,2,7-9,12-20H2;1,3-6,8-9,18-22,24-26H,2,7,10-16H2,(H,27,28);2*1-4H2;6H,1-4H2;1-4H2;1H/b2*6-1-;;;;;/t22-,23+,24+,25-,26+;18-,19+,20+,21-,22+;;;;;/m00...../s1. The summed E-state index contributed by atoms with van der Waals surface area (Å²) in [6.45, 7) is 2.96. The van der Waals surface area contributed by atoms with Crippen LogP contribution in [-0.2, 0) is 46.4 Å². The maximum Gasteiger partial charge on any atom is 0.305 e. The Morgan fingerprint density at radius 3 is 1.27 bits per heavy atom. The van der Waals surface area contributed by atoms with Crippen LogP contribution in [0.2, 0.25) is 0 Å². The van der Waals surface area contributed by atoms with Gasteiger partial charge in [0, 0.05) is 50.1 Å². The van der Waals surface area contributed by atoms with E-state index < -0.39 is 57.9 Å². The molecule has 27 heteroatoms. The zero-order valence-corrected chi connectivity index (χ0v) is 58.8. The molecular formula is C66H110Br3N3O21. The summed E-state index contributed by atoms with van der Waals surface area (Å²) >= 11 is 9.62. The van der Waals surface area contributed by atoms with Gasteiger partial charge < -0.3 is 64.8 Å². The Bertz CT molecular complexity index is 2170. The number of carboxylic acids is 1. The predicted octanol–water partition coefficient (Wildman–Crippen LogP) is 12.0. The number of allylic oxidation sites excluding steroid dienone is 4. The number of aliphatic hydroxyl groups is 7. The van der Waals surface area contributed by atoms with Crippen molar-refractivity contribution in [3.63, 3.8) is 0 Å². The van der Waals surface area contributed by atoms with Crippen LogP contribution in [0.1, 0.15) is 179 Å². The number of carboxylic acid groups (broad SMARTS) is 1. The molecule has 0 unspecified atom stereocenters. The molecule has 3 aliphatic rings. The number of benzene rings is 2. The number of nitrogens with zero attached hydrogens (tertiary/aromatic N) is 3. The largest absolute Gasteiger partial charge is 0.481 e. The Labute approximate surface area is 576 Å². The van der Waals surface area contributed by atoms with Crippen molar-refractivity contribution in [3.05, 3.63) is 126 Å². The van der Waals surface area contributed by atoms with Crippen molar-refractivity contribution < 1.29 is 91.1 Å². The lowest BCUT2D eigenvalue weighted by molar-refractivity contribution is -0.757. The van der Waals surface area contributed by atoms with Crippen LogP contribution in [0.4, 0.5) is 0 Å². The molecule has 0 radical (unpaired) electrons. The minimum atomic E-state index is -0.839. The van der Waals surface area contributed by atoms with Crippen molar-refractivity contribution in [2.75, 3.05) is 62.2 Å². The molecule has 0 aromatic heterocycles. The minimum absolute atomic E-state index is 0. The Morgan fingerprint density at radius 1 is 0.538 bits per heavy atom. The number of halogens is 3. The lowest BCUT2D eigenvalue weighted by Crippen LogP contribution is -2.23. The van der Waals surface area contributed by atoms with Gasteiger partial charge in [-0.25, -0.2) is 0 Å². The molecule has 2 saturated carbocycles. The molecule has 8 N–H and O–H groups in total. The number of alkyl halides is 3. The summed E-state index contributed by atoms with van der Waals surface area (Å²) in [6.07, 6.45) is 24.6. The molecule has 24 nitrogen and oxygen atoms in total. The van der Waals surface area contributed by atoms with Crippen molar-refractivity contribution in [3.8, 4) is 0 Å². The Morgan fingerprint density at radius 2 is 0.914 bits per heavy atom. The summed E-state index contributed by atoms with van der Waals surface area (Å²) < 4.78 is 10.0. The van der Waals surface area contributed by atoms with Gasteiger partial charge in [-0.3, -0.25) is 9.59 Å². The first-order chi connectivity index (χ1) is 44.8. The quantitative estimate of drug-likeness (QED) is 0.00763. The number of unbranched alkanes of at least 4 members (excludes halogenated alkanes) is 6. The number of hydrogen-bond donors (Lipinski definition) is 8. The van der Waals surface area contributed by atoms with Crippen molar-refractivity contribution in [1.29, 1.82) is 0 Å². The van der Waals surface area contributed by atoms with Crippen molar-refractivity contribution in [2.45, 2.75) is 216 Å². The van der Waals surface area contributed by atoms with Crippen LogP contribution in [0.3, 0.4) is 0 Å². The van der Waals surface area contributed by atoms with Gasteiger partial charge in [0.2, 0.25) is 0 Å². The Balaban J connectivity index is 0. The molecule has 0 amide bonds. The third-order valence-electron chi connectivity index (χ3n) is 15.4. The average Bonchev–Trinajstić information content (AvgIpc) is 1.72. The number of rotatable bonds is 43. The van der Waals surface area contributed by atoms with Crippen LogP contribution in [0, 0.1) is 54.0 Å². The molecule has 1 saturated heterocycles. The van der Waals surface area contributed by atoms with Gasteiger partial charge in [0.25, 0.3) is 15.3 Å². The van der Waals surface area contributed by atoms with E-state index in [1.54, 1.807) is 0 Å². The lowest BCUT2D eigenvalue weighted by atomic mass is 9.85. The number of aryl methyl sites for hydroxylation is 2. The van der Waals surface area contributed by atoms with Crippen LogP contribution in [-0.4, -0.2) is 167 Å². The number of ether oxygens (including phenoxy) is 2. The average molecular weight is 1520 g/mol. The van der Waals surface area contributed by atoms with Crippen LogP contribution >= 0.6 is 47.8 Å².